The third-order valence-corrected chi connectivity index (χ3v) is 5.01. The quantitative estimate of drug-likeness (QED) is 0.437. The van der Waals surface area contributed by atoms with Crippen molar-refractivity contribution in [2.24, 2.45) is 0 Å². The summed E-state index contributed by atoms with van der Waals surface area (Å²) in [4.78, 5) is 0. The average molecular weight is 363 g/mol. The summed E-state index contributed by atoms with van der Waals surface area (Å²) in [6.45, 7) is 16.4. The molecule has 0 atom stereocenters. The summed E-state index contributed by atoms with van der Waals surface area (Å²) in [7, 11) is 0. The lowest BCUT2D eigenvalue weighted by Crippen LogP contribution is -2.37. The number of rotatable bonds is 10. The van der Waals surface area contributed by atoms with E-state index in [1.165, 1.54) is 11.1 Å². The maximum atomic E-state index is 6.53. The summed E-state index contributed by atoms with van der Waals surface area (Å²) < 4.78 is 6.53. The van der Waals surface area contributed by atoms with Gasteiger partial charge in [0.2, 0.25) is 0 Å². The van der Waals surface area contributed by atoms with Gasteiger partial charge in [-0.3, -0.25) is 0 Å². The number of aryl methyl sites for hydroxylation is 2. The lowest BCUT2D eigenvalue weighted by atomic mass is 9.94. The van der Waals surface area contributed by atoms with Crippen LogP contribution >= 0.6 is 0 Å². The Morgan fingerprint density at radius 1 is 0.667 bits per heavy atom. The van der Waals surface area contributed by atoms with Crippen molar-refractivity contribution in [2.75, 3.05) is 0 Å². The van der Waals surface area contributed by atoms with E-state index in [-0.39, 0.29) is 11.2 Å². The minimum Gasteiger partial charge on any atom is -0.370 e. The summed E-state index contributed by atoms with van der Waals surface area (Å²) in [6, 6.07) is 17.2. The molecule has 0 saturated carbocycles. The number of hydrogen-bond donors (Lipinski definition) is 0. The highest BCUT2D eigenvalue weighted by molar-refractivity contribution is 5.47. The molecule has 0 bridgehead atoms. The molecule has 0 aliphatic carbocycles. The molecule has 0 unspecified atom stereocenters. The van der Waals surface area contributed by atoms with E-state index in [4.69, 9.17) is 4.74 Å². The van der Waals surface area contributed by atoms with E-state index >= 15 is 0 Å². The summed E-state index contributed by atoms with van der Waals surface area (Å²) in [6.07, 6.45) is 7.79. The Bertz CT molecular complexity index is 667. The molecule has 144 valence electrons. The molecule has 0 aromatic heterocycles. The molecule has 0 amide bonds. The van der Waals surface area contributed by atoms with E-state index in [0.717, 1.165) is 36.8 Å². The Morgan fingerprint density at radius 2 is 1.00 bits per heavy atom. The summed E-state index contributed by atoms with van der Waals surface area (Å²) in [5.41, 5.74) is 4.70. The molecule has 0 aliphatic heterocycles. The van der Waals surface area contributed by atoms with E-state index in [1.54, 1.807) is 0 Å². The minimum atomic E-state index is -0.159. The molecule has 0 aliphatic rings. The highest BCUT2D eigenvalue weighted by Gasteiger charge is 2.28. The van der Waals surface area contributed by atoms with Gasteiger partial charge in [-0.1, -0.05) is 73.8 Å². The lowest BCUT2D eigenvalue weighted by molar-refractivity contribution is -0.128. The molecule has 0 heterocycles. The highest BCUT2D eigenvalue weighted by Crippen LogP contribution is 2.28. The van der Waals surface area contributed by atoms with Gasteiger partial charge in [-0.05, 0) is 75.6 Å². The van der Waals surface area contributed by atoms with Crippen molar-refractivity contribution >= 4 is 12.2 Å². The van der Waals surface area contributed by atoms with Crippen molar-refractivity contribution in [3.8, 4) is 0 Å². The van der Waals surface area contributed by atoms with Crippen molar-refractivity contribution < 1.29 is 4.74 Å². The smallest absolute Gasteiger partial charge is 0.0637 e. The Morgan fingerprint density at radius 3 is 1.30 bits per heavy atom. The predicted octanol–water partition coefficient (Wildman–Crippen LogP) is 7.11. The normalized spacial score (nSPS) is 12.0. The first-order valence-corrected chi connectivity index (χ1v) is 9.86. The van der Waals surface area contributed by atoms with Crippen LogP contribution in [0.2, 0.25) is 0 Å². The highest BCUT2D eigenvalue weighted by atomic mass is 16.5. The van der Waals surface area contributed by atoms with E-state index in [1.807, 2.05) is 12.2 Å². The van der Waals surface area contributed by atoms with Gasteiger partial charge in [0.05, 0.1) is 11.2 Å². The Labute approximate surface area is 165 Å². The molecule has 0 N–H and O–H groups in total. The van der Waals surface area contributed by atoms with Crippen molar-refractivity contribution in [2.45, 2.75) is 64.6 Å². The largest absolute Gasteiger partial charge is 0.370 e. The molecule has 0 spiro atoms. The molecule has 0 radical (unpaired) electrons. The summed E-state index contributed by atoms with van der Waals surface area (Å²) >= 11 is 0. The number of benzene rings is 2. The first-order chi connectivity index (χ1) is 12.7. The van der Waals surface area contributed by atoms with Crippen LogP contribution in [0.5, 0.6) is 0 Å². The van der Waals surface area contributed by atoms with Gasteiger partial charge in [-0.25, -0.2) is 0 Å². The van der Waals surface area contributed by atoms with Gasteiger partial charge in [0.1, 0.15) is 0 Å². The zero-order valence-electron chi connectivity index (χ0n) is 17.4. The van der Waals surface area contributed by atoms with E-state index < -0.39 is 0 Å². The zero-order valence-corrected chi connectivity index (χ0v) is 17.4. The van der Waals surface area contributed by atoms with Crippen LogP contribution < -0.4 is 0 Å². The van der Waals surface area contributed by atoms with Crippen molar-refractivity contribution in [3.05, 3.63) is 83.9 Å². The second-order valence-electron chi connectivity index (χ2n) is 8.51. The first kappa shape index (κ1) is 21.2. The van der Waals surface area contributed by atoms with Crippen LogP contribution in [0.15, 0.2) is 61.7 Å². The lowest BCUT2D eigenvalue weighted by Gasteiger charge is -2.36. The van der Waals surface area contributed by atoms with Crippen LogP contribution in [0, 0.1) is 0 Å². The van der Waals surface area contributed by atoms with Crippen molar-refractivity contribution in [1.29, 1.82) is 0 Å². The topological polar surface area (TPSA) is 9.23 Å². The second kappa shape index (κ2) is 9.19. The van der Waals surface area contributed by atoms with E-state index in [2.05, 4.69) is 89.4 Å². The Balaban J connectivity index is 1.86. The fraction of sp³-hybridized carbons (Fsp3) is 0.385. The van der Waals surface area contributed by atoms with Crippen LogP contribution in [-0.2, 0) is 17.6 Å². The van der Waals surface area contributed by atoms with Crippen LogP contribution in [0.25, 0.3) is 12.2 Å². The monoisotopic (exact) mass is 362 g/mol. The maximum Gasteiger partial charge on any atom is 0.0637 e. The van der Waals surface area contributed by atoms with Crippen molar-refractivity contribution in [3.63, 3.8) is 0 Å². The van der Waals surface area contributed by atoms with Crippen LogP contribution in [0.3, 0.4) is 0 Å². The van der Waals surface area contributed by atoms with Crippen LogP contribution in [0.1, 0.15) is 62.8 Å². The maximum absolute atomic E-state index is 6.53. The molecule has 2 aromatic rings. The van der Waals surface area contributed by atoms with Gasteiger partial charge in [0, 0.05) is 0 Å². The summed E-state index contributed by atoms with van der Waals surface area (Å²) in [5.74, 6) is 0. The zero-order chi connectivity index (χ0) is 19.9. The molecule has 1 nitrogen and oxygen atoms in total. The van der Waals surface area contributed by atoms with Gasteiger partial charge >= 0.3 is 0 Å². The van der Waals surface area contributed by atoms with Crippen LogP contribution in [0.4, 0.5) is 0 Å². The fourth-order valence-corrected chi connectivity index (χ4v) is 3.38. The predicted molar refractivity (Wildman–Crippen MR) is 119 cm³/mol. The number of ether oxygens (including phenoxy) is 1. The van der Waals surface area contributed by atoms with Gasteiger partial charge in [0.15, 0.2) is 0 Å². The standard InChI is InChI=1S/C26H34O/c1-7-21-9-13-23(14-10-21)17-19-25(3,4)27-26(5,6)20-18-24-15-11-22(8-2)12-16-24/h7-16H,1-2,17-20H2,3-6H3. The van der Waals surface area contributed by atoms with Gasteiger partial charge in [0.25, 0.3) is 0 Å². The fourth-order valence-electron chi connectivity index (χ4n) is 3.38. The molecule has 1 heteroatoms. The van der Waals surface area contributed by atoms with Gasteiger partial charge < -0.3 is 4.74 Å². The Kier molecular flexibility index (Phi) is 7.21. The molecule has 0 saturated heterocycles. The molecule has 2 rings (SSSR count). The van der Waals surface area contributed by atoms with Gasteiger partial charge in [-0.15, -0.1) is 0 Å². The van der Waals surface area contributed by atoms with E-state index in [9.17, 15) is 0 Å². The molecular weight excluding hydrogens is 328 g/mol. The minimum absolute atomic E-state index is 0.159. The second-order valence-corrected chi connectivity index (χ2v) is 8.51. The molecule has 27 heavy (non-hydrogen) atoms. The molecular formula is C26H34O. The Hall–Kier alpha value is -2.12. The summed E-state index contributed by atoms with van der Waals surface area (Å²) in [5, 5.41) is 0. The third kappa shape index (κ3) is 7.19. The van der Waals surface area contributed by atoms with E-state index in [0.29, 0.717) is 0 Å². The molecule has 2 aromatic carbocycles. The first-order valence-electron chi connectivity index (χ1n) is 9.86. The number of hydrogen-bond acceptors (Lipinski definition) is 1. The van der Waals surface area contributed by atoms with Crippen LogP contribution in [-0.4, -0.2) is 11.2 Å². The third-order valence-electron chi connectivity index (χ3n) is 5.01. The SMILES string of the molecule is C=Cc1ccc(CCC(C)(C)OC(C)(C)CCc2ccc(C=C)cc2)cc1. The van der Waals surface area contributed by atoms with Gasteiger partial charge in [-0.2, -0.15) is 0 Å². The average Bonchev–Trinajstić information content (AvgIpc) is 2.65. The van der Waals surface area contributed by atoms with Crippen molar-refractivity contribution in [1.82, 2.24) is 0 Å². The molecule has 0 fully saturated rings.